The van der Waals surface area contributed by atoms with Crippen LogP contribution >= 0.6 is 0 Å². The zero-order chi connectivity index (χ0) is 26.2. The third kappa shape index (κ3) is 4.43. The highest BCUT2D eigenvalue weighted by Crippen LogP contribution is 2.25. The smallest absolute Gasteiger partial charge is 0.270 e. The Kier molecular flexibility index (Phi) is 5.34. The first-order chi connectivity index (χ1) is 17.0. The number of piperazine rings is 1. The molecule has 2 N–H and O–H groups in total. The number of fused-ring (bicyclic) bond motifs is 1. The van der Waals surface area contributed by atoms with Gasteiger partial charge in [0.05, 0.1) is 11.2 Å². The maximum absolute atomic E-state index is 15.2. The van der Waals surface area contributed by atoms with E-state index in [1.54, 1.807) is 22.3 Å². The van der Waals surface area contributed by atoms with Gasteiger partial charge in [-0.3, -0.25) is 14.5 Å². The van der Waals surface area contributed by atoms with E-state index in [0.29, 0.717) is 49.4 Å². The molecule has 3 aromatic rings. The summed E-state index contributed by atoms with van der Waals surface area (Å²) in [6.07, 6.45) is 0.449. The molecular weight excluding hydrogens is 430 g/mol. The molecule has 1 amide bonds. The van der Waals surface area contributed by atoms with Crippen LogP contribution in [0.4, 0.5) is 14.5 Å². The fraction of sp³-hybridized carbons (Fsp3) is 0.391. The Morgan fingerprint density at radius 3 is 2.79 bits per heavy atom. The lowest BCUT2D eigenvalue weighted by molar-refractivity contribution is 0.0957. The number of hydrogen-bond acceptors (Lipinski definition) is 6. The molecule has 1 atom stereocenters. The van der Waals surface area contributed by atoms with Gasteiger partial charge in [-0.15, -0.1) is 0 Å². The Balaban J connectivity index is 1.46. The van der Waals surface area contributed by atoms with Gasteiger partial charge in [-0.2, -0.15) is 4.39 Å². The summed E-state index contributed by atoms with van der Waals surface area (Å²) in [5, 5.41) is 1.78. The van der Waals surface area contributed by atoms with Crippen LogP contribution in [0.25, 0.3) is 11.0 Å². The Labute approximate surface area is 193 Å². The van der Waals surface area contributed by atoms with Crippen molar-refractivity contribution in [2.24, 2.45) is 0 Å². The van der Waals surface area contributed by atoms with Crippen LogP contribution in [-0.4, -0.2) is 58.4 Å². The number of carbonyl (C=O) groups is 1. The Bertz CT molecular complexity index is 1360. The van der Waals surface area contributed by atoms with Crippen molar-refractivity contribution < 1.29 is 17.7 Å². The van der Waals surface area contributed by atoms with Crippen LogP contribution in [0.15, 0.2) is 29.1 Å². The molecule has 0 radical (unpaired) electrons. The summed E-state index contributed by atoms with van der Waals surface area (Å²) in [5.41, 5.74) is 0.710. The molecule has 1 aromatic carbocycles. The van der Waals surface area contributed by atoms with Gasteiger partial charge in [-0.25, -0.2) is 14.4 Å². The second-order valence-corrected chi connectivity index (χ2v) is 8.04. The van der Waals surface area contributed by atoms with Gasteiger partial charge >= 0.3 is 0 Å². The summed E-state index contributed by atoms with van der Waals surface area (Å²) in [5.74, 6) is -2.38. The standard InChI is InChI=1S/C23H26F2N6O2/c1-4-15-23(33)29-20-16(27-15)6-5-14(19(20)24)12-30-9-10-31(13(2)11-30)18-8-7-17(22(32)26-3)28-21(18)25/h5-8,13H,4,9-12H2,1-3H3,(H,26,32)(H,29,33)/t13-/m0/s1/i3D3. The molecule has 0 saturated carbocycles. The lowest BCUT2D eigenvalue weighted by atomic mass is 10.1. The highest BCUT2D eigenvalue weighted by Gasteiger charge is 2.27. The average molecular weight is 460 g/mol. The average Bonchev–Trinajstić information content (AvgIpc) is 2.80. The topological polar surface area (TPSA) is 94.2 Å². The predicted octanol–water partition coefficient (Wildman–Crippen LogP) is 2.23. The van der Waals surface area contributed by atoms with Gasteiger partial charge in [0.15, 0.2) is 5.82 Å². The largest absolute Gasteiger partial charge is 0.363 e. The van der Waals surface area contributed by atoms with Gasteiger partial charge in [-0.05, 0) is 31.5 Å². The lowest BCUT2D eigenvalue weighted by Crippen LogP contribution is -2.52. The van der Waals surface area contributed by atoms with Crippen LogP contribution < -0.4 is 15.8 Å². The fourth-order valence-corrected chi connectivity index (χ4v) is 4.17. The first-order valence-electron chi connectivity index (χ1n) is 12.1. The fourth-order valence-electron chi connectivity index (χ4n) is 4.17. The minimum absolute atomic E-state index is 0.0807. The van der Waals surface area contributed by atoms with Gasteiger partial charge in [0.2, 0.25) is 5.95 Å². The van der Waals surface area contributed by atoms with E-state index in [-0.39, 0.29) is 22.9 Å². The molecule has 1 aliphatic rings. The van der Waals surface area contributed by atoms with Crippen LogP contribution in [0, 0.1) is 11.8 Å². The van der Waals surface area contributed by atoms with Crippen molar-refractivity contribution in [3.63, 3.8) is 0 Å². The normalized spacial score (nSPS) is 18.6. The lowest BCUT2D eigenvalue weighted by Gasteiger charge is -2.41. The van der Waals surface area contributed by atoms with E-state index in [1.807, 2.05) is 18.7 Å². The minimum atomic E-state index is -2.70. The number of pyridine rings is 1. The van der Waals surface area contributed by atoms with E-state index in [2.05, 4.69) is 15.0 Å². The van der Waals surface area contributed by atoms with Gasteiger partial charge in [0.25, 0.3) is 11.5 Å². The molecule has 1 saturated heterocycles. The molecule has 174 valence electrons. The van der Waals surface area contributed by atoms with Gasteiger partial charge in [0.1, 0.15) is 16.9 Å². The van der Waals surface area contributed by atoms with Crippen molar-refractivity contribution in [1.82, 2.24) is 25.2 Å². The summed E-state index contributed by atoms with van der Waals surface area (Å²) in [6, 6.07) is 5.87. The molecule has 0 aliphatic carbocycles. The van der Waals surface area contributed by atoms with Gasteiger partial charge in [0, 0.05) is 48.9 Å². The summed E-state index contributed by atoms with van der Waals surface area (Å²) < 4.78 is 51.2. The van der Waals surface area contributed by atoms with Crippen molar-refractivity contribution >= 4 is 22.6 Å². The SMILES string of the molecule is [2H]C([2H])([2H])NC(=O)c1ccc(N2CCN(Cc3ccc4nc(CC)c(=O)[nH]c4c3F)C[C@@H]2C)c(F)n1. The number of aromatic nitrogens is 3. The monoisotopic (exact) mass is 459 g/mol. The van der Waals surface area contributed by atoms with Crippen LogP contribution in [0.1, 0.15) is 39.7 Å². The van der Waals surface area contributed by atoms with Crippen LogP contribution in [0.2, 0.25) is 0 Å². The van der Waals surface area contributed by atoms with Crippen LogP contribution in [0.3, 0.4) is 0 Å². The number of benzene rings is 1. The van der Waals surface area contributed by atoms with Crippen molar-refractivity contribution in [1.29, 1.82) is 0 Å². The molecule has 33 heavy (non-hydrogen) atoms. The minimum Gasteiger partial charge on any atom is -0.363 e. The first kappa shape index (κ1) is 19.1. The number of carbonyl (C=O) groups excluding carboxylic acids is 1. The van der Waals surface area contributed by atoms with Crippen LogP contribution in [-0.2, 0) is 13.0 Å². The molecule has 0 unspecified atom stereocenters. The Morgan fingerprint density at radius 2 is 2.09 bits per heavy atom. The number of nitrogens with zero attached hydrogens (tertiary/aromatic N) is 4. The molecule has 0 bridgehead atoms. The maximum atomic E-state index is 15.2. The summed E-state index contributed by atoms with van der Waals surface area (Å²) in [4.78, 5) is 38.4. The van der Waals surface area contributed by atoms with E-state index in [1.165, 1.54) is 12.1 Å². The third-order valence-corrected chi connectivity index (χ3v) is 5.88. The highest BCUT2D eigenvalue weighted by molar-refractivity contribution is 5.92. The molecule has 0 spiro atoms. The van der Waals surface area contributed by atoms with E-state index >= 15 is 4.39 Å². The zero-order valence-corrected chi connectivity index (χ0v) is 18.3. The zero-order valence-electron chi connectivity index (χ0n) is 21.3. The number of halogens is 2. The van der Waals surface area contributed by atoms with Gasteiger partial charge in [-0.1, -0.05) is 13.0 Å². The van der Waals surface area contributed by atoms with Crippen molar-refractivity contribution in [2.75, 3.05) is 31.5 Å². The molecule has 4 rings (SSSR count). The molecule has 8 nitrogen and oxygen atoms in total. The quantitative estimate of drug-likeness (QED) is 0.569. The Morgan fingerprint density at radius 1 is 1.27 bits per heavy atom. The summed E-state index contributed by atoms with van der Waals surface area (Å²) in [6.45, 7) is 2.73. The van der Waals surface area contributed by atoms with E-state index in [0.717, 1.165) is 0 Å². The summed E-state index contributed by atoms with van der Waals surface area (Å²) >= 11 is 0. The number of aromatic amines is 1. The van der Waals surface area contributed by atoms with Gasteiger partial charge < -0.3 is 15.2 Å². The molecule has 3 heterocycles. The van der Waals surface area contributed by atoms with E-state index in [4.69, 9.17) is 4.11 Å². The second-order valence-electron chi connectivity index (χ2n) is 8.04. The first-order valence-corrected chi connectivity index (χ1v) is 10.6. The van der Waals surface area contributed by atoms with Crippen molar-refractivity contribution in [3.8, 4) is 0 Å². The Hall–Kier alpha value is -3.40. The van der Waals surface area contributed by atoms with E-state index < -0.39 is 30.2 Å². The second kappa shape index (κ2) is 9.22. The molecule has 1 aliphatic heterocycles. The molecule has 2 aromatic heterocycles. The number of amides is 1. The number of hydrogen-bond donors (Lipinski definition) is 2. The number of aryl methyl sites for hydroxylation is 1. The number of H-pyrrole nitrogens is 1. The highest BCUT2D eigenvalue weighted by atomic mass is 19.1. The molecular formula is C23H26F2N6O2. The number of rotatable bonds is 5. The van der Waals surface area contributed by atoms with Crippen LogP contribution in [0.5, 0.6) is 0 Å². The molecule has 1 fully saturated rings. The summed E-state index contributed by atoms with van der Waals surface area (Å²) in [7, 11) is 0. The third-order valence-electron chi connectivity index (χ3n) is 5.88. The van der Waals surface area contributed by atoms with Crippen molar-refractivity contribution in [3.05, 3.63) is 63.3 Å². The van der Waals surface area contributed by atoms with E-state index in [9.17, 15) is 14.0 Å². The number of nitrogens with one attached hydrogen (secondary N) is 2. The molecule has 10 heteroatoms. The maximum Gasteiger partial charge on any atom is 0.270 e. The predicted molar refractivity (Wildman–Crippen MR) is 121 cm³/mol. The number of anilines is 1. The van der Waals surface area contributed by atoms with Crippen molar-refractivity contribution in [2.45, 2.75) is 32.9 Å².